The summed E-state index contributed by atoms with van der Waals surface area (Å²) in [5, 5.41) is 8.58. The highest BCUT2D eigenvalue weighted by Gasteiger charge is 2.20. The van der Waals surface area contributed by atoms with Gasteiger partial charge in [-0.15, -0.1) is 0 Å². The Morgan fingerprint density at radius 2 is 1.70 bits per heavy atom. The van der Waals surface area contributed by atoms with Crippen molar-refractivity contribution in [3.63, 3.8) is 0 Å². The van der Waals surface area contributed by atoms with Crippen LogP contribution < -0.4 is 16.0 Å². The molecule has 160 valence electrons. The Kier molecular flexibility index (Phi) is 8.71. The minimum atomic E-state index is -0.187. The third-order valence-electron chi connectivity index (χ3n) is 5.21. The zero-order valence-electron chi connectivity index (χ0n) is 17.1. The van der Waals surface area contributed by atoms with Crippen LogP contribution in [-0.4, -0.2) is 49.6 Å². The van der Waals surface area contributed by atoms with Gasteiger partial charge >= 0.3 is 6.03 Å². The molecule has 30 heavy (non-hydrogen) atoms. The van der Waals surface area contributed by atoms with Gasteiger partial charge in [-0.05, 0) is 55.1 Å². The first-order valence-electron chi connectivity index (χ1n) is 10.4. The first-order chi connectivity index (χ1) is 14.6. The largest absolute Gasteiger partial charge is 0.350 e. The van der Waals surface area contributed by atoms with E-state index in [2.05, 4.69) is 61.0 Å². The first-order valence-corrected chi connectivity index (χ1v) is 11.2. The number of halogens is 1. The van der Waals surface area contributed by atoms with Gasteiger partial charge in [-0.3, -0.25) is 9.69 Å². The SMILES string of the molecule is O=C(NCCNC(=O)c1ccc(Br)cc1)NCC1CCCN(Cc2ccccc2)C1. The summed E-state index contributed by atoms with van der Waals surface area (Å²) < 4.78 is 0.929. The van der Waals surface area contributed by atoms with Crippen molar-refractivity contribution in [2.24, 2.45) is 5.92 Å². The summed E-state index contributed by atoms with van der Waals surface area (Å²) in [6.45, 7) is 4.51. The summed E-state index contributed by atoms with van der Waals surface area (Å²) in [7, 11) is 0. The normalized spacial score (nSPS) is 16.6. The van der Waals surface area contributed by atoms with Crippen LogP contribution in [0.1, 0.15) is 28.8 Å². The summed E-state index contributed by atoms with van der Waals surface area (Å²) in [5.74, 6) is 0.316. The number of urea groups is 1. The van der Waals surface area contributed by atoms with Crippen molar-refractivity contribution >= 4 is 27.9 Å². The van der Waals surface area contributed by atoms with E-state index in [0.717, 1.165) is 36.9 Å². The number of nitrogens with one attached hydrogen (secondary N) is 3. The maximum Gasteiger partial charge on any atom is 0.314 e. The Bertz CT molecular complexity index is 814. The molecule has 0 bridgehead atoms. The molecule has 1 fully saturated rings. The van der Waals surface area contributed by atoms with Crippen LogP contribution in [0.5, 0.6) is 0 Å². The predicted octanol–water partition coefficient (Wildman–Crippen LogP) is 3.39. The van der Waals surface area contributed by atoms with E-state index in [9.17, 15) is 9.59 Å². The summed E-state index contributed by atoms with van der Waals surface area (Å²) >= 11 is 3.35. The number of amides is 3. The average Bonchev–Trinajstić information content (AvgIpc) is 2.76. The lowest BCUT2D eigenvalue weighted by Crippen LogP contribution is -2.45. The molecule has 0 aliphatic carbocycles. The molecule has 7 heteroatoms. The molecule has 0 spiro atoms. The number of benzene rings is 2. The van der Waals surface area contributed by atoms with Crippen LogP contribution in [-0.2, 0) is 6.54 Å². The lowest BCUT2D eigenvalue weighted by atomic mass is 9.97. The molecule has 2 aromatic carbocycles. The maximum atomic E-state index is 12.1. The topological polar surface area (TPSA) is 73.5 Å². The number of hydrogen-bond acceptors (Lipinski definition) is 3. The number of rotatable bonds is 8. The number of piperidine rings is 1. The van der Waals surface area contributed by atoms with Crippen LogP contribution in [0, 0.1) is 5.92 Å². The smallest absolute Gasteiger partial charge is 0.314 e. The molecule has 1 aliphatic rings. The van der Waals surface area contributed by atoms with Crippen molar-refractivity contribution < 1.29 is 9.59 Å². The van der Waals surface area contributed by atoms with Crippen molar-refractivity contribution in [2.75, 3.05) is 32.7 Å². The maximum absolute atomic E-state index is 12.1. The van der Waals surface area contributed by atoms with Gasteiger partial charge in [0.15, 0.2) is 0 Å². The molecule has 1 aliphatic heterocycles. The minimum Gasteiger partial charge on any atom is -0.350 e. The fourth-order valence-corrected chi connectivity index (χ4v) is 3.92. The Balaban J connectivity index is 1.29. The molecular weight excluding hydrogens is 444 g/mol. The predicted molar refractivity (Wildman–Crippen MR) is 122 cm³/mol. The standard InChI is InChI=1S/C23H29BrN4O2/c24-21-10-8-20(9-11-21)22(29)25-12-13-26-23(30)27-15-19-7-4-14-28(17-19)16-18-5-2-1-3-6-18/h1-3,5-6,8-11,19H,4,7,12-17H2,(H,25,29)(H2,26,27,30). The van der Waals surface area contributed by atoms with E-state index >= 15 is 0 Å². The second-order valence-corrected chi connectivity index (χ2v) is 8.54. The van der Waals surface area contributed by atoms with Gasteiger partial charge in [-0.1, -0.05) is 46.3 Å². The number of carbonyl (C=O) groups excluding carboxylic acids is 2. The molecule has 2 aromatic rings. The molecule has 3 rings (SSSR count). The first kappa shape index (κ1) is 22.3. The van der Waals surface area contributed by atoms with Crippen LogP contribution in [0.4, 0.5) is 4.79 Å². The van der Waals surface area contributed by atoms with E-state index in [1.165, 1.54) is 5.56 Å². The highest BCUT2D eigenvalue weighted by Crippen LogP contribution is 2.18. The van der Waals surface area contributed by atoms with Crippen LogP contribution in [0.2, 0.25) is 0 Å². The summed E-state index contributed by atoms with van der Waals surface area (Å²) in [6.07, 6.45) is 2.29. The molecule has 1 heterocycles. The van der Waals surface area contributed by atoms with Gasteiger partial charge in [0.05, 0.1) is 0 Å². The second kappa shape index (κ2) is 11.7. The van der Waals surface area contributed by atoms with Crippen LogP contribution in [0.25, 0.3) is 0 Å². The van der Waals surface area contributed by atoms with Gasteiger partial charge in [-0.2, -0.15) is 0 Å². The third kappa shape index (κ3) is 7.46. The molecule has 0 saturated carbocycles. The van der Waals surface area contributed by atoms with E-state index in [0.29, 0.717) is 31.1 Å². The van der Waals surface area contributed by atoms with Crippen molar-refractivity contribution in [3.8, 4) is 0 Å². The molecule has 1 unspecified atom stereocenters. The molecular formula is C23H29BrN4O2. The lowest BCUT2D eigenvalue weighted by Gasteiger charge is -2.32. The molecule has 3 amide bonds. The highest BCUT2D eigenvalue weighted by molar-refractivity contribution is 9.10. The quantitative estimate of drug-likeness (QED) is 0.515. The Morgan fingerprint density at radius 1 is 0.967 bits per heavy atom. The van der Waals surface area contributed by atoms with Crippen molar-refractivity contribution in [1.82, 2.24) is 20.9 Å². The van der Waals surface area contributed by atoms with Gasteiger partial charge < -0.3 is 16.0 Å². The van der Waals surface area contributed by atoms with Crippen LogP contribution >= 0.6 is 15.9 Å². The summed E-state index contributed by atoms with van der Waals surface area (Å²) in [4.78, 5) is 26.6. The molecule has 6 nitrogen and oxygen atoms in total. The fraction of sp³-hybridized carbons (Fsp3) is 0.391. The summed E-state index contributed by atoms with van der Waals surface area (Å²) in [5.41, 5.74) is 1.93. The third-order valence-corrected chi connectivity index (χ3v) is 5.73. The van der Waals surface area contributed by atoms with Gasteiger partial charge in [-0.25, -0.2) is 4.79 Å². The molecule has 3 N–H and O–H groups in total. The second-order valence-electron chi connectivity index (χ2n) is 7.63. The molecule has 1 atom stereocenters. The van der Waals surface area contributed by atoms with Crippen LogP contribution in [0.3, 0.4) is 0 Å². The van der Waals surface area contributed by atoms with E-state index in [1.807, 2.05) is 18.2 Å². The summed E-state index contributed by atoms with van der Waals surface area (Å²) in [6, 6.07) is 17.5. The molecule has 0 radical (unpaired) electrons. The minimum absolute atomic E-state index is 0.148. The van der Waals surface area contributed by atoms with Gasteiger partial charge in [0.1, 0.15) is 0 Å². The van der Waals surface area contributed by atoms with Gasteiger partial charge in [0.25, 0.3) is 5.91 Å². The lowest BCUT2D eigenvalue weighted by molar-refractivity contribution is 0.0954. The zero-order chi connectivity index (χ0) is 21.2. The van der Waals surface area contributed by atoms with Gasteiger partial charge in [0, 0.05) is 42.8 Å². The van der Waals surface area contributed by atoms with E-state index in [-0.39, 0.29) is 11.9 Å². The number of hydrogen-bond donors (Lipinski definition) is 3. The van der Waals surface area contributed by atoms with Crippen LogP contribution in [0.15, 0.2) is 59.1 Å². The van der Waals surface area contributed by atoms with E-state index in [1.54, 1.807) is 12.1 Å². The van der Waals surface area contributed by atoms with Gasteiger partial charge in [0.2, 0.25) is 0 Å². The van der Waals surface area contributed by atoms with E-state index < -0.39 is 0 Å². The Hall–Kier alpha value is -2.38. The van der Waals surface area contributed by atoms with Crippen molar-refractivity contribution in [1.29, 1.82) is 0 Å². The Morgan fingerprint density at radius 3 is 2.47 bits per heavy atom. The zero-order valence-corrected chi connectivity index (χ0v) is 18.7. The fourth-order valence-electron chi connectivity index (χ4n) is 3.66. The number of likely N-dealkylation sites (tertiary alicyclic amines) is 1. The molecule has 1 saturated heterocycles. The molecule has 0 aromatic heterocycles. The number of carbonyl (C=O) groups is 2. The van der Waals surface area contributed by atoms with Crippen molar-refractivity contribution in [3.05, 3.63) is 70.2 Å². The average molecular weight is 473 g/mol. The highest BCUT2D eigenvalue weighted by atomic mass is 79.9. The number of nitrogens with zero attached hydrogens (tertiary/aromatic N) is 1. The monoisotopic (exact) mass is 472 g/mol. The Labute approximate surface area is 186 Å². The van der Waals surface area contributed by atoms with Crippen molar-refractivity contribution in [2.45, 2.75) is 19.4 Å². The van der Waals surface area contributed by atoms with E-state index in [4.69, 9.17) is 0 Å².